The third-order valence-electron chi connectivity index (χ3n) is 2.43. The molecule has 2 aromatic heterocycles. The van der Waals surface area contributed by atoms with Gasteiger partial charge in [-0.3, -0.25) is 15.2 Å². The van der Waals surface area contributed by atoms with Crippen LogP contribution in [0.15, 0.2) is 24.5 Å². The highest BCUT2D eigenvalue weighted by Crippen LogP contribution is 2.28. The fourth-order valence-electron chi connectivity index (χ4n) is 1.61. The number of amides is 1. The molecule has 0 unspecified atom stereocenters. The Morgan fingerprint density at radius 3 is 3.00 bits per heavy atom. The Morgan fingerprint density at radius 1 is 1.56 bits per heavy atom. The number of carbonyl (C=O) groups excluding carboxylic acids is 1. The molecule has 2 heterocycles. The maximum absolute atomic E-state index is 11.7. The molecule has 0 aromatic carbocycles. The van der Waals surface area contributed by atoms with Crippen LogP contribution >= 0.6 is 11.3 Å². The zero-order valence-electron chi connectivity index (χ0n) is 10.0. The van der Waals surface area contributed by atoms with Crippen LogP contribution in [0.2, 0.25) is 0 Å². The summed E-state index contributed by atoms with van der Waals surface area (Å²) in [5, 5.41) is 0.796. The summed E-state index contributed by atoms with van der Waals surface area (Å²) in [7, 11) is 0. The number of aryl methyl sites for hydroxylation is 1. The molecule has 0 fully saturated rings. The van der Waals surface area contributed by atoms with E-state index in [1.54, 1.807) is 12.4 Å². The standard InChI is InChI=1S/C12H14N4OS/c1-2-4-9-10(11(17)16-13)18-12(15-9)8-5-3-6-14-7-8/h3,5-7H,2,4,13H2,1H3,(H,16,17). The molecule has 5 nitrogen and oxygen atoms in total. The van der Waals surface area contributed by atoms with Gasteiger partial charge in [0.1, 0.15) is 9.88 Å². The molecule has 0 atom stereocenters. The SMILES string of the molecule is CCCc1nc(-c2cccnc2)sc1C(=O)NN. The van der Waals surface area contributed by atoms with E-state index in [1.165, 1.54) is 11.3 Å². The van der Waals surface area contributed by atoms with Gasteiger partial charge in [-0.25, -0.2) is 10.8 Å². The van der Waals surface area contributed by atoms with Gasteiger partial charge in [0.2, 0.25) is 0 Å². The molecule has 6 heteroatoms. The van der Waals surface area contributed by atoms with Crippen molar-refractivity contribution in [2.24, 2.45) is 5.84 Å². The summed E-state index contributed by atoms with van der Waals surface area (Å²) in [6.07, 6.45) is 5.14. The lowest BCUT2D eigenvalue weighted by Gasteiger charge is -1.97. The van der Waals surface area contributed by atoms with E-state index in [0.29, 0.717) is 4.88 Å². The molecule has 0 spiro atoms. The van der Waals surface area contributed by atoms with E-state index in [4.69, 9.17) is 5.84 Å². The van der Waals surface area contributed by atoms with Gasteiger partial charge in [-0.15, -0.1) is 11.3 Å². The number of nitrogens with one attached hydrogen (secondary N) is 1. The Bertz CT molecular complexity index is 538. The molecule has 0 saturated carbocycles. The highest BCUT2D eigenvalue weighted by molar-refractivity contribution is 7.17. The first-order chi connectivity index (χ1) is 8.76. The minimum Gasteiger partial charge on any atom is -0.289 e. The van der Waals surface area contributed by atoms with Gasteiger partial charge < -0.3 is 0 Å². The van der Waals surface area contributed by atoms with E-state index in [9.17, 15) is 4.79 Å². The average Bonchev–Trinajstić information content (AvgIpc) is 2.83. The zero-order chi connectivity index (χ0) is 13.0. The number of thiazole rings is 1. The van der Waals surface area contributed by atoms with Crippen molar-refractivity contribution in [3.63, 3.8) is 0 Å². The van der Waals surface area contributed by atoms with Gasteiger partial charge in [-0.2, -0.15) is 0 Å². The second-order valence-electron chi connectivity index (χ2n) is 3.76. The predicted octanol–water partition coefficient (Wildman–Crippen LogP) is 1.76. The van der Waals surface area contributed by atoms with E-state index >= 15 is 0 Å². The van der Waals surface area contributed by atoms with Gasteiger partial charge in [-0.05, 0) is 18.6 Å². The van der Waals surface area contributed by atoms with Crippen molar-refractivity contribution in [3.8, 4) is 10.6 Å². The largest absolute Gasteiger partial charge is 0.289 e. The van der Waals surface area contributed by atoms with Crippen molar-refractivity contribution in [1.82, 2.24) is 15.4 Å². The highest BCUT2D eigenvalue weighted by atomic mass is 32.1. The number of hydrazine groups is 1. The fourth-order valence-corrected chi connectivity index (χ4v) is 2.62. The van der Waals surface area contributed by atoms with Crippen molar-refractivity contribution >= 4 is 17.2 Å². The third kappa shape index (κ3) is 2.55. The van der Waals surface area contributed by atoms with Crippen LogP contribution in [0.5, 0.6) is 0 Å². The lowest BCUT2D eigenvalue weighted by molar-refractivity contribution is 0.0956. The number of nitrogen functional groups attached to an aromatic ring is 1. The molecule has 0 radical (unpaired) electrons. The Kier molecular flexibility index (Phi) is 4.01. The third-order valence-corrected chi connectivity index (χ3v) is 3.58. The van der Waals surface area contributed by atoms with Gasteiger partial charge in [0, 0.05) is 18.0 Å². The van der Waals surface area contributed by atoms with Crippen LogP contribution in [0.25, 0.3) is 10.6 Å². The molecule has 0 aliphatic carbocycles. The quantitative estimate of drug-likeness (QED) is 0.500. The van der Waals surface area contributed by atoms with E-state index in [-0.39, 0.29) is 5.91 Å². The maximum atomic E-state index is 11.7. The van der Waals surface area contributed by atoms with Crippen LogP contribution in [0.1, 0.15) is 28.7 Å². The van der Waals surface area contributed by atoms with Crippen LogP contribution in [0.3, 0.4) is 0 Å². The molecule has 18 heavy (non-hydrogen) atoms. The summed E-state index contributed by atoms with van der Waals surface area (Å²) in [4.78, 5) is 20.8. The van der Waals surface area contributed by atoms with E-state index in [2.05, 4.69) is 15.4 Å². The number of pyridine rings is 1. The summed E-state index contributed by atoms with van der Waals surface area (Å²) >= 11 is 1.34. The Balaban J connectivity index is 2.42. The second kappa shape index (κ2) is 5.70. The van der Waals surface area contributed by atoms with E-state index < -0.39 is 0 Å². The maximum Gasteiger partial charge on any atom is 0.277 e. The molecule has 2 aromatic rings. The fraction of sp³-hybridized carbons (Fsp3) is 0.250. The Hall–Kier alpha value is -1.79. The van der Waals surface area contributed by atoms with Crippen LogP contribution in [-0.4, -0.2) is 15.9 Å². The highest BCUT2D eigenvalue weighted by Gasteiger charge is 2.17. The van der Waals surface area contributed by atoms with Crippen LogP contribution < -0.4 is 11.3 Å². The van der Waals surface area contributed by atoms with Gasteiger partial charge in [0.05, 0.1) is 5.69 Å². The lowest BCUT2D eigenvalue weighted by atomic mass is 10.2. The minimum atomic E-state index is -0.286. The number of nitrogens with two attached hydrogens (primary N) is 1. The number of nitrogens with zero attached hydrogens (tertiary/aromatic N) is 2. The average molecular weight is 262 g/mol. The molecule has 94 valence electrons. The second-order valence-corrected chi connectivity index (χ2v) is 4.76. The van der Waals surface area contributed by atoms with Gasteiger partial charge in [0.25, 0.3) is 5.91 Å². The number of carbonyl (C=O) groups is 1. The van der Waals surface area contributed by atoms with Crippen molar-refractivity contribution in [2.45, 2.75) is 19.8 Å². The molecule has 0 aliphatic heterocycles. The zero-order valence-corrected chi connectivity index (χ0v) is 10.8. The molecule has 3 N–H and O–H groups in total. The van der Waals surface area contributed by atoms with Crippen LogP contribution in [-0.2, 0) is 6.42 Å². The smallest absolute Gasteiger partial charge is 0.277 e. The summed E-state index contributed by atoms with van der Waals surface area (Å²) in [6.45, 7) is 2.05. The van der Waals surface area contributed by atoms with Crippen LogP contribution in [0, 0.1) is 0 Å². The summed E-state index contributed by atoms with van der Waals surface area (Å²) in [5.74, 6) is 4.90. The first kappa shape index (κ1) is 12.7. The minimum absolute atomic E-state index is 0.286. The van der Waals surface area contributed by atoms with Gasteiger partial charge in [0.15, 0.2) is 0 Å². The monoisotopic (exact) mass is 262 g/mol. The number of hydrogen-bond acceptors (Lipinski definition) is 5. The normalized spacial score (nSPS) is 10.3. The van der Waals surface area contributed by atoms with E-state index in [0.717, 1.165) is 29.1 Å². The van der Waals surface area contributed by atoms with Gasteiger partial charge in [-0.1, -0.05) is 13.3 Å². The summed E-state index contributed by atoms with van der Waals surface area (Å²) < 4.78 is 0. The van der Waals surface area contributed by atoms with Gasteiger partial charge >= 0.3 is 0 Å². The molecular weight excluding hydrogens is 248 g/mol. The summed E-state index contributed by atoms with van der Waals surface area (Å²) in [6, 6.07) is 3.77. The Morgan fingerprint density at radius 2 is 2.39 bits per heavy atom. The van der Waals surface area contributed by atoms with Crippen molar-refractivity contribution in [3.05, 3.63) is 35.1 Å². The number of aromatic nitrogens is 2. The molecule has 0 aliphatic rings. The molecule has 0 bridgehead atoms. The molecule has 2 rings (SSSR count). The first-order valence-electron chi connectivity index (χ1n) is 5.67. The first-order valence-corrected chi connectivity index (χ1v) is 6.49. The van der Waals surface area contributed by atoms with Crippen molar-refractivity contribution < 1.29 is 4.79 Å². The Labute approximate surface area is 109 Å². The van der Waals surface area contributed by atoms with Crippen molar-refractivity contribution in [2.75, 3.05) is 0 Å². The number of rotatable bonds is 4. The van der Waals surface area contributed by atoms with Crippen molar-refractivity contribution in [1.29, 1.82) is 0 Å². The van der Waals surface area contributed by atoms with E-state index in [1.807, 2.05) is 19.1 Å². The molecular formula is C12H14N4OS. The topological polar surface area (TPSA) is 80.9 Å². The summed E-state index contributed by atoms with van der Waals surface area (Å²) in [5.41, 5.74) is 3.87. The number of hydrogen-bond donors (Lipinski definition) is 2. The molecule has 0 saturated heterocycles. The lowest BCUT2D eigenvalue weighted by Crippen LogP contribution is -2.30. The van der Waals surface area contributed by atoms with Crippen LogP contribution in [0.4, 0.5) is 0 Å². The predicted molar refractivity (Wildman–Crippen MR) is 71.0 cm³/mol. The molecule has 1 amide bonds.